The van der Waals surface area contributed by atoms with Crippen molar-refractivity contribution in [3.63, 3.8) is 0 Å². The van der Waals surface area contributed by atoms with Gasteiger partial charge in [0.05, 0.1) is 0 Å². The number of aromatic nitrogens is 1. The van der Waals surface area contributed by atoms with Crippen molar-refractivity contribution in [3.8, 4) is 17.9 Å². The van der Waals surface area contributed by atoms with Gasteiger partial charge >= 0.3 is 0 Å². The monoisotopic (exact) mass is 345 g/mol. The SMILES string of the molecule is N#CCOc1ccccc1C=C(C#N)C(=O)c1c[nH]c2cc(F)ccc12. The quantitative estimate of drug-likeness (QED) is 0.430. The standard InChI is InChI=1S/C20H12FN3O2/c21-15-5-6-16-17(12-24-18(16)10-15)20(25)14(11-23)9-13-3-1-2-4-19(13)26-8-7-22/h1-6,9-10,12,24H,8H2. The summed E-state index contributed by atoms with van der Waals surface area (Å²) < 4.78 is 18.6. The summed E-state index contributed by atoms with van der Waals surface area (Å²) in [7, 11) is 0. The minimum atomic E-state index is -0.486. The number of fused-ring (bicyclic) bond motifs is 1. The van der Waals surface area contributed by atoms with Crippen molar-refractivity contribution in [2.75, 3.05) is 6.61 Å². The molecule has 26 heavy (non-hydrogen) atoms. The maximum atomic E-state index is 13.3. The molecule has 0 radical (unpaired) electrons. The number of para-hydroxylation sites is 1. The number of aromatic amines is 1. The zero-order valence-electron chi connectivity index (χ0n) is 13.5. The van der Waals surface area contributed by atoms with E-state index in [1.807, 2.05) is 12.1 Å². The summed E-state index contributed by atoms with van der Waals surface area (Å²) in [5.41, 5.74) is 1.17. The number of carbonyl (C=O) groups excluding carboxylic acids is 1. The second kappa shape index (κ2) is 7.33. The second-order valence-corrected chi connectivity index (χ2v) is 5.38. The summed E-state index contributed by atoms with van der Waals surface area (Å²) in [5, 5.41) is 18.6. The third-order valence-electron chi connectivity index (χ3n) is 3.76. The van der Waals surface area contributed by atoms with E-state index in [0.717, 1.165) is 0 Å². The molecule has 0 bridgehead atoms. The molecule has 0 spiro atoms. The Bertz CT molecular complexity index is 1100. The van der Waals surface area contributed by atoms with Crippen LogP contribution in [0.25, 0.3) is 17.0 Å². The predicted molar refractivity (Wildman–Crippen MR) is 93.7 cm³/mol. The second-order valence-electron chi connectivity index (χ2n) is 5.38. The molecule has 0 aliphatic rings. The number of hydrogen-bond donors (Lipinski definition) is 1. The number of ketones is 1. The molecular formula is C20H12FN3O2. The molecule has 1 heterocycles. The molecule has 0 saturated carbocycles. The first kappa shape index (κ1) is 16.9. The molecule has 0 atom stereocenters. The van der Waals surface area contributed by atoms with Crippen molar-refractivity contribution in [3.05, 3.63) is 71.2 Å². The number of halogens is 1. The Hall–Kier alpha value is -3.90. The molecule has 3 aromatic rings. The Morgan fingerprint density at radius 1 is 1.23 bits per heavy atom. The third kappa shape index (κ3) is 3.31. The Morgan fingerprint density at radius 3 is 2.81 bits per heavy atom. The molecular weight excluding hydrogens is 333 g/mol. The first-order valence-corrected chi connectivity index (χ1v) is 7.66. The van der Waals surface area contributed by atoms with Crippen LogP contribution in [0.1, 0.15) is 15.9 Å². The number of hydrogen-bond acceptors (Lipinski definition) is 4. The molecule has 0 unspecified atom stereocenters. The fraction of sp³-hybridized carbons (Fsp3) is 0.0500. The van der Waals surface area contributed by atoms with E-state index in [-0.39, 0.29) is 17.7 Å². The van der Waals surface area contributed by atoms with Crippen LogP contribution in [0.15, 0.2) is 54.2 Å². The van der Waals surface area contributed by atoms with E-state index in [9.17, 15) is 14.4 Å². The summed E-state index contributed by atoms with van der Waals surface area (Å²) in [6, 6.07) is 14.6. The van der Waals surface area contributed by atoms with Gasteiger partial charge in [-0.25, -0.2) is 4.39 Å². The molecule has 0 aliphatic carbocycles. The van der Waals surface area contributed by atoms with Crippen molar-refractivity contribution in [2.45, 2.75) is 0 Å². The van der Waals surface area contributed by atoms with E-state index in [1.54, 1.807) is 24.3 Å². The topological polar surface area (TPSA) is 89.7 Å². The maximum absolute atomic E-state index is 13.3. The van der Waals surface area contributed by atoms with E-state index < -0.39 is 11.6 Å². The summed E-state index contributed by atoms with van der Waals surface area (Å²) in [5.74, 6) is -0.506. The average Bonchev–Trinajstić information content (AvgIpc) is 3.07. The molecule has 2 aromatic carbocycles. The van der Waals surface area contributed by atoms with Gasteiger partial charge in [-0.2, -0.15) is 10.5 Å². The first-order valence-electron chi connectivity index (χ1n) is 7.66. The highest BCUT2D eigenvalue weighted by atomic mass is 19.1. The Morgan fingerprint density at radius 2 is 2.04 bits per heavy atom. The number of nitrogens with zero attached hydrogens (tertiary/aromatic N) is 2. The number of nitrogens with one attached hydrogen (secondary N) is 1. The average molecular weight is 345 g/mol. The van der Waals surface area contributed by atoms with Gasteiger partial charge in [0.25, 0.3) is 0 Å². The number of H-pyrrole nitrogens is 1. The lowest BCUT2D eigenvalue weighted by molar-refractivity contribution is 0.104. The van der Waals surface area contributed by atoms with Crippen molar-refractivity contribution < 1.29 is 13.9 Å². The van der Waals surface area contributed by atoms with Crippen LogP contribution in [0.2, 0.25) is 0 Å². The molecule has 3 rings (SSSR count). The van der Waals surface area contributed by atoms with E-state index in [2.05, 4.69) is 4.98 Å². The fourth-order valence-corrected chi connectivity index (χ4v) is 2.58. The number of Topliss-reactive ketones (excluding diaryl/α,β-unsaturated/α-hetero) is 1. The molecule has 1 aromatic heterocycles. The van der Waals surface area contributed by atoms with Gasteiger partial charge in [-0.15, -0.1) is 0 Å². The highest BCUT2D eigenvalue weighted by Gasteiger charge is 2.17. The van der Waals surface area contributed by atoms with Crippen LogP contribution < -0.4 is 4.74 Å². The lowest BCUT2D eigenvalue weighted by Crippen LogP contribution is -2.02. The summed E-state index contributed by atoms with van der Waals surface area (Å²) in [6.45, 7) is -0.144. The number of ether oxygens (including phenoxy) is 1. The minimum absolute atomic E-state index is 0.0942. The normalized spacial score (nSPS) is 11.0. The van der Waals surface area contributed by atoms with Crippen LogP contribution in [-0.4, -0.2) is 17.4 Å². The van der Waals surface area contributed by atoms with E-state index in [1.165, 1.54) is 30.5 Å². The van der Waals surface area contributed by atoms with Crippen LogP contribution in [-0.2, 0) is 0 Å². The molecule has 5 nitrogen and oxygen atoms in total. The molecule has 0 fully saturated rings. The number of rotatable bonds is 5. The number of carbonyl (C=O) groups is 1. The van der Waals surface area contributed by atoms with Gasteiger partial charge in [0, 0.05) is 28.2 Å². The fourth-order valence-electron chi connectivity index (χ4n) is 2.58. The minimum Gasteiger partial charge on any atom is -0.478 e. The molecule has 0 saturated heterocycles. The van der Waals surface area contributed by atoms with E-state index in [0.29, 0.717) is 22.2 Å². The number of allylic oxidation sites excluding steroid dienone is 1. The zero-order valence-corrected chi connectivity index (χ0v) is 13.5. The van der Waals surface area contributed by atoms with Gasteiger partial charge in [-0.05, 0) is 30.3 Å². The smallest absolute Gasteiger partial charge is 0.205 e. The highest BCUT2D eigenvalue weighted by molar-refractivity contribution is 6.19. The van der Waals surface area contributed by atoms with Crippen LogP contribution in [0.5, 0.6) is 5.75 Å². The molecule has 0 amide bonds. The predicted octanol–water partition coefficient (Wildman–Crippen LogP) is 4.00. The lowest BCUT2D eigenvalue weighted by Gasteiger charge is -2.06. The largest absolute Gasteiger partial charge is 0.478 e. The molecule has 1 N–H and O–H groups in total. The van der Waals surface area contributed by atoms with Crippen molar-refractivity contribution in [1.29, 1.82) is 10.5 Å². The Labute approximate surface area is 148 Å². The van der Waals surface area contributed by atoms with Crippen LogP contribution in [0, 0.1) is 28.5 Å². The maximum Gasteiger partial charge on any atom is 0.205 e. The Balaban J connectivity index is 2.01. The summed E-state index contributed by atoms with van der Waals surface area (Å²) in [6.07, 6.45) is 2.87. The van der Waals surface area contributed by atoms with Gasteiger partial charge in [0.15, 0.2) is 6.61 Å². The number of benzene rings is 2. The summed E-state index contributed by atoms with van der Waals surface area (Å²) in [4.78, 5) is 15.6. The van der Waals surface area contributed by atoms with Gasteiger partial charge in [0.2, 0.25) is 5.78 Å². The van der Waals surface area contributed by atoms with Crippen LogP contribution in [0.3, 0.4) is 0 Å². The van der Waals surface area contributed by atoms with E-state index in [4.69, 9.17) is 10.00 Å². The highest BCUT2D eigenvalue weighted by Crippen LogP contribution is 2.25. The lowest BCUT2D eigenvalue weighted by atomic mass is 10.0. The molecule has 0 aliphatic heterocycles. The zero-order chi connectivity index (χ0) is 18.5. The van der Waals surface area contributed by atoms with E-state index >= 15 is 0 Å². The van der Waals surface area contributed by atoms with Crippen molar-refractivity contribution in [2.24, 2.45) is 0 Å². The summed E-state index contributed by atoms with van der Waals surface area (Å²) >= 11 is 0. The number of nitriles is 2. The van der Waals surface area contributed by atoms with Crippen molar-refractivity contribution in [1.82, 2.24) is 4.98 Å². The van der Waals surface area contributed by atoms with Gasteiger partial charge in [-0.1, -0.05) is 18.2 Å². The molecule has 6 heteroatoms. The Kier molecular flexibility index (Phi) is 4.78. The van der Waals surface area contributed by atoms with Crippen LogP contribution in [0.4, 0.5) is 4.39 Å². The molecule has 126 valence electrons. The van der Waals surface area contributed by atoms with Crippen LogP contribution >= 0.6 is 0 Å². The first-order chi connectivity index (χ1) is 12.6. The van der Waals surface area contributed by atoms with Gasteiger partial charge in [0.1, 0.15) is 29.3 Å². The third-order valence-corrected chi connectivity index (χ3v) is 3.76. The van der Waals surface area contributed by atoms with Gasteiger partial charge < -0.3 is 9.72 Å². The van der Waals surface area contributed by atoms with Gasteiger partial charge in [-0.3, -0.25) is 4.79 Å². The van der Waals surface area contributed by atoms with Crippen molar-refractivity contribution >= 4 is 22.8 Å².